The first-order valence-electron chi connectivity index (χ1n) is 4.30. The molecule has 0 radical (unpaired) electrons. The quantitative estimate of drug-likeness (QED) is 0.881. The normalized spacial score (nSPS) is 9.73. The second kappa shape index (κ2) is 5.16. The second-order valence-corrected chi connectivity index (χ2v) is 3.37. The van der Waals surface area contributed by atoms with Crippen LogP contribution in [0.5, 0.6) is 0 Å². The third kappa shape index (κ3) is 2.72. The molecule has 0 saturated carbocycles. The summed E-state index contributed by atoms with van der Waals surface area (Å²) in [4.78, 5) is 0. The van der Waals surface area contributed by atoms with Gasteiger partial charge in [0, 0.05) is 17.8 Å². The Labute approximate surface area is 99.3 Å². The molecular formula is C10H11Cl2N3. The van der Waals surface area contributed by atoms with Gasteiger partial charge in [0.1, 0.15) is 0 Å². The molecule has 15 heavy (non-hydrogen) atoms. The average Bonchev–Trinajstić information content (AvgIpc) is 2.66. The molecular weight excluding hydrogens is 233 g/mol. The third-order valence-electron chi connectivity index (χ3n) is 1.93. The van der Waals surface area contributed by atoms with Gasteiger partial charge in [-0.15, -0.1) is 12.4 Å². The maximum atomic E-state index is 5.87. The maximum Gasteiger partial charge on any atom is 0.0764 e. The molecule has 1 aromatic heterocycles. The molecule has 0 aliphatic rings. The van der Waals surface area contributed by atoms with E-state index in [0.717, 1.165) is 11.4 Å². The Kier molecular flexibility index (Phi) is 4.15. The predicted octanol–water partition coefficient (Wildman–Crippen LogP) is 2.41. The largest absolute Gasteiger partial charge is 0.325 e. The Morgan fingerprint density at radius 3 is 2.73 bits per heavy atom. The predicted molar refractivity (Wildman–Crippen MR) is 63.7 cm³/mol. The van der Waals surface area contributed by atoms with Gasteiger partial charge in [-0.3, -0.25) is 0 Å². The zero-order valence-electron chi connectivity index (χ0n) is 7.93. The summed E-state index contributed by atoms with van der Waals surface area (Å²) in [7, 11) is 0. The van der Waals surface area contributed by atoms with Crippen molar-refractivity contribution in [1.82, 2.24) is 9.78 Å². The van der Waals surface area contributed by atoms with Crippen LogP contribution in [0.3, 0.4) is 0 Å². The number of aromatic nitrogens is 2. The molecule has 0 atom stereocenters. The van der Waals surface area contributed by atoms with E-state index in [1.54, 1.807) is 4.68 Å². The van der Waals surface area contributed by atoms with E-state index in [2.05, 4.69) is 5.10 Å². The molecule has 3 nitrogen and oxygen atoms in total. The van der Waals surface area contributed by atoms with Gasteiger partial charge in [0.2, 0.25) is 0 Å². The van der Waals surface area contributed by atoms with Crippen molar-refractivity contribution >= 4 is 24.0 Å². The van der Waals surface area contributed by atoms with Crippen LogP contribution >= 0.6 is 24.0 Å². The Morgan fingerprint density at radius 2 is 2.13 bits per heavy atom. The van der Waals surface area contributed by atoms with Gasteiger partial charge in [-0.1, -0.05) is 17.7 Å². The van der Waals surface area contributed by atoms with Gasteiger partial charge in [-0.05, 0) is 24.3 Å². The van der Waals surface area contributed by atoms with Crippen molar-refractivity contribution < 1.29 is 0 Å². The van der Waals surface area contributed by atoms with Gasteiger partial charge in [0.25, 0.3) is 0 Å². The zero-order valence-corrected chi connectivity index (χ0v) is 9.50. The summed E-state index contributed by atoms with van der Waals surface area (Å²) in [6, 6.07) is 9.41. The third-order valence-corrected chi connectivity index (χ3v) is 2.16. The van der Waals surface area contributed by atoms with E-state index < -0.39 is 0 Å². The molecule has 0 fully saturated rings. The molecule has 1 heterocycles. The molecule has 0 amide bonds. The van der Waals surface area contributed by atoms with Crippen LogP contribution in [0.1, 0.15) is 5.69 Å². The molecule has 80 valence electrons. The SMILES string of the molecule is Cl.NCc1ccn(-c2cccc(Cl)c2)n1. The molecule has 2 aromatic rings. The standard InChI is InChI=1S/C10H10ClN3.ClH/c11-8-2-1-3-10(6-8)14-5-4-9(7-12)13-14;/h1-6H,7,12H2;1H. The van der Waals surface area contributed by atoms with Crippen molar-refractivity contribution in [3.8, 4) is 5.69 Å². The molecule has 5 heteroatoms. The van der Waals surface area contributed by atoms with Gasteiger partial charge in [-0.25, -0.2) is 4.68 Å². The summed E-state index contributed by atoms with van der Waals surface area (Å²) in [6.45, 7) is 0.452. The topological polar surface area (TPSA) is 43.8 Å². The number of halogens is 2. The zero-order chi connectivity index (χ0) is 9.97. The summed E-state index contributed by atoms with van der Waals surface area (Å²) in [5, 5.41) is 4.97. The summed E-state index contributed by atoms with van der Waals surface area (Å²) in [6.07, 6.45) is 1.87. The molecule has 0 aliphatic heterocycles. The van der Waals surface area contributed by atoms with E-state index in [1.807, 2.05) is 36.5 Å². The van der Waals surface area contributed by atoms with Crippen LogP contribution in [0.2, 0.25) is 5.02 Å². The highest BCUT2D eigenvalue weighted by molar-refractivity contribution is 6.30. The number of nitrogens with zero attached hydrogens (tertiary/aromatic N) is 2. The monoisotopic (exact) mass is 243 g/mol. The summed E-state index contributed by atoms with van der Waals surface area (Å²) < 4.78 is 1.76. The van der Waals surface area contributed by atoms with Crippen LogP contribution in [0, 0.1) is 0 Å². The molecule has 0 saturated heterocycles. The first-order valence-corrected chi connectivity index (χ1v) is 4.68. The highest BCUT2D eigenvalue weighted by Crippen LogP contribution is 2.14. The minimum Gasteiger partial charge on any atom is -0.325 e. The van der Waals surface area contributed by atoms with Gasteiger partial charge >= 0.3 is 0 Å². The summed E-state index contributed by atoms with van der Waals surface area (Å²) in [5.41, 5.74) is 7.28. The molecule has 0 aliphatic carbocycles. The molecule has 2 N–H and O–H groups in total. The van der Waals surface area contributed by atoms with E-state index in [1.165, 1.54) is 0 Å². The summed E-state index contributed by atoms with van der Waals surface area (Å²) >= 11 is 5.87. The van der Waals surface area contributed by atoms with Crippen molar-refractivity contribution in [3.05, 3.63) is 47.2 Å². The first kappa shape index (κ1) is 12.0. The highest BCUT2D eigenvalue weighted by Gasteiger charge is 1.99. The van der Waals surface area contributed by atoms with E-state index in [-0.39, 0.29) is 12.4 Å². The number of hydrogen-bond donors (Lipinski definition) is 1. The van der Waals surface area contributed by atoms with E-state index in [4.69, 9.17) is 17.3 Å². The Hall–Kier alpha value is -1.03. The van der Waals surface area contributed by atoms with Crippen LogP contribution in [0.25, 0.3) is 5.69 Å². The molecule has 0 bridgehead atoms. The van der Waals surface area contributed by atoms with Crippen LogP contribution in [0.15, 0.2) is 36.5 Å². The van der Waals surface area contributed by atoms with Gasteiger partial charge < -0.3 is 5.73 Å². The minimum atomic E-state index is 0. The fourth-order valence-corrected chi connectivity index (χ4v) is 1.42. The highest BCUT2D eigenvalue weighted by atomic mass is 35.5. The van der Waals surface area contributed by atoms with E-state index in [9.17, 15) is 0 Å². The first-order chi connectivity index (χ1) is 6.79. The van der Waals surface area contributed by atoms with Crippen molar-refractivity contribution in [2.45, 2.75) is 6.54 Å². The average molecular weight is 244 g/mol. The maximum absolute atomic E-state index is 5.87. The van der Waals surface area contributed by atoms with E-state index in [0.29, 0.717) is 11.6 Å². The fraction of sp³-hybridized carbons (Fsp3) is 0.100. The minimum absolute atomic E-state index is 0. The summed E-state index contributed by atoms with van der Waals surface area (Å²) in [5.74, 6) is 0. The fourth-order valence-electron chi connectivity index (χ4n) is 1.23. The van der Waals surface area contributed by atoms with Crippen LogP contribution in [0.4, 0.5) is 0 Å². The smallest absolute Gasteiger partial charge is 0.0764 e. The number of rotatable bonds is 2. The van der Waals surface area contributed by atoms with Crippen molar-refractivity contribution in [3.63, 3.8) is 0 Å². The lowest BCUT2D eigenvalue weighted by molar-refractivity contribution is 0.834. The molecule has 2 rings (SSSR count). The lowest BCUT2D eigenvalue weighted by Gasteiger charge is -2.00. The second-order valence-electron chi connectivity index (χ2n) is 2.94. The lowest BCUT2D eigenvalue weighted by Crippen LogP contribution is -2.00. The Morgan fingerprint density at radius 1 is 1.33 bits per heavy atom. The Bertz CT molecular complexity index is 440. The molecule has 1 aromatic carbocycles. The number of hydrogen-bond acceptors (Lipinski definition) is 2. The Balaban J connectivity index is 0.00000112. The number of benzene rings is 1. The van der Waals surface area contributed by atoms with Crippen molar-refractivity contribution in [2.75, 3.05) is 0 Å². The van der Waals surface area contributed by atoms with E-state index >= 15 is 0 Å². The van der Waals surface area contributed by atoms with Gasteiger partial charge in [-0.2, -0.15) is 5.10 Å². The molecule has 0 unspecified atom stereocenters. The van der Waals surface area contributed by atoms with Gasteiger partial charge in [0.05, 0.1) is 11.4 Å². The van der Waals surface area contributed by atoms with Crippen LogP contribution in [-0.4, -0.2) is 9.78 Å². The van der Waals surface area contributed by atoms with Crippen molar-refractivity contribution in [2.24, 2.45) is 5.73 Å². The van der Waals surface area contributed by atoms with Crippen LogP contribution in [-0.2, 0) is 6.54 Å². The van der Waals surface area contributed by atoms with Gasteiger partial charge in [0.15, 0.2) is 0 Å². The number of nitrogens with two attached hydrogens (primary N) is 1. The van der Waals surface area contributed by atoms with Crippen molar-refractivity contribution in [1.29, 1.82) is 0 Å². The van der Waals surface area contributed by atoms with Crippen LogP contribution < -0.4 is 5.73 Å². The molecule has 0 spiro atoms. The lowest BCUT2D eigenvalue weighted by atomic mass is 10.3.